The predicted octanol–water partition coefficient (Wildman–Crippen LogP) is 9.47. The highest BCUT2D eigenvalue weighted by Gasteiger charge is 2.43. The number of para-hydroxylation sites is 1. The quantitative estimate of drug-likeness (QED) is 0.133. The summed E-state index contributed by atoms with van der Waals surface area (Å²) in [5, 5.41) is 8.93. The average molecular weight is 684 g/mol. The third-order valence-corrected chi connectivity index (χ3v) is 12.8. The largest absolute Gasteiger partial charge is 0.462 e. The number of likely N-dealkylation sites (N-methyl/N-ethyl adjacent to an activating group) is 1. The number of carbonyl (C=O) groups is 1. The van der Waals surface area contributed by atoms with Crippen LogP contribution in [0.4, 0.5) is 11.4 Å². The van der Waals surface area contributed by atoms with Crippen molar-refractivity contribution in [2.75, 3.05) is 31.9 Å². The standard InChI is InChI=1S/C38H43N4O2S3/c1-9-44-34(43)26-17-20-30-28(23-26)38(4,5)32(42(30)7)22-19-25-14-12-13-24(33(25)46-36-40-39-35(45-8)47-36)18-21-31-37(2,3)27-15-10-11-16-29(27)41(31)6/h10-11,15-23H,9,12-14H2,1-8H3/q+1. The summed E-state index contributed by atoms with van der Waals surface area (Å²) in [5.74, 6) is -0.279. The van der Waals surface area contributed by atoms with Crippen LogP contribution in [0.15, 0.2) is 97.2 Å². The van der Waals surface area contributed by atoms with Gasteiger partial charge in [-0.15, -0.1) is 10.2 Å². The zero-order valence-electron chi connectivity index (χ0n) is 28.5. The number of fused-ring (bicyclic) bond motifs is 2. The second-order valence-electron chi connectivity index (χ2n) is 13.1. The molecule has 244 valence electrons. The van der Waals surface area contributed by atoms with E-state index in [0.717, 1.165) is 39.2 Å². The van der Waals surface area contributed by atoms with Crippen molar-refractivity contribution in [3.05, 3.63) is 105 Å². The fraction of sp³-hybridized carbons (Fsp3) is 0.368. The summed E-state index contributed by atoms with van der Waals surface area (Å²) in [4.78, 5) is 16.1. The van der Waals surface area contributed by atoms with Gasteiger partial charge in [0.2, 0.25) is 5.69 Å². The average Bonchev–Trinajstić information content (AvgIpc) is 3.65. The fourth-order valence-corrected chi connectivity index (χ4v) is 9.77. The van der Waals surface area contributed by atoms with Gasteiger partial charge in [0.1, 0.15) is 7.05 Å². The van der Waals surface area contributed by atoms with Crippen LogP contribution in [-0.2, 0) is 15.6 Å². The highest BCUT2D eigenvalue weighted by atomic mass is 32.2. The molecule has 0 saturated carbocycles. The van der Waals surface area contributed by atoms with Crippen molar-refractivity contribution < 1.29 is 14.1 Å². The van der Waals surface area contributed by atoms with Crippen LogP contribution in [0.25, 0.3) is 0 Å². The number of rotatable bonds is 8. The molecule has 3 aromatic rings. The fourth-order valence-electron chi connectivity index (χ4n) is 7.10. The molecule has 47 heavy (non-hydrogen) atoms. The number of allylic oxidation sites excluding steroid dienone is 7. The Kier molecular flexibility index (Phi) is 9.44. The van der Waals surface area contributed by atoms with Crippen LogP contribution in [0, 0.1) is 0 Å². The van der Waals surface area contributed by atoms with Crippen molar-refractivity contribution in [3.8, 4) is 0 Å². The Labute approximate surface area is 291 Å². The molecule has 9 heteroatoms. The van der Waals surface area contributed by atoms with Crippen LogP contribution in [0.1, 0.15) is 75.4 Å². The molecule has 0 amide bonds. The highest BCUT2D eigenvalue weighted by Crippen LogP contribution is 2.48. The summed E-state index contributed by atoms with van der Waals surface area (Å²) in [6.45, 7) is 11.3. The van der Waals surface area contributed by atoms with E-state index in [2.05, 4.69) is 110 Å². The molecule has 0 N–H and O–H groups in total. The van der Waals surface area contributed by atoms with Crippen molar-refractivity contribution in [2.24, 2.45) is 0 Å². The maximum Gasteiger partial charge on any atom is 0.338 e. The molecule has 0 saturated heterocycles. The molecule has 2 aliphatic heterocycles. The second-order valence-corrected chi connectivity index (χ2v) is 16.4. The van der Waals surface area contributed by atoms with Gasteiger partial charge in [-0.05, 0) is 87.3 Å². The lowest BCUT2D eigenvalue weighted by molar-refractivity contribution is -0.401. The van der Waals surface area contributed by atoms with Crippen molar-refractivity contribution >= 4 is 57.9 Å². The molecule has 6 rings (SSSR count). The lowest BCUT2D eigenvalue weighted by Crippen LogP contribution is -2.26. The first-order chi connectivity index (χ1) is 22.5. The molecule has 3 aliphatic rings. The topological polar surface area (TPSA) is 58.3 Å². The zero-order chi connectivity index (χ0) is 33.5. The number of anilines is 1. The lowest BCUT2D eigenvalue weighted by atomic mass is 9.81. The van der Waals surface area contributed by atoms with Crippen LogP contribution >= 0.6 is 34.9 Å². The number of ether oxygens (including phenoxy) is 1. The van der Waals surface area contributed by atoms with E-state index in [1.54, 1.807) is 34.9 Å². The van der Waals surface area contributed by atoms with Crippen molar-refractivity contribution in [2.45, 2.75) is 73.4 Å². The Morgan fingerprint density at radius 2 is 1.79 bits per heavy atom. The maximum atomic E-state index is 12.5. The normalized spacial score (nSPS) is 20.1. The van der Waals surface area contributed by atoms with Gasteiger partial charge in [0.25, 0.3) is 0 Å². The third-order valence-electron chi connectivity index (χ3n) is 9.60. The number of hydrogen-bond donors (Lipinski definition) is 0. The summed E-state index contributed by atoms with van der Waals surface area (Å²) in [7, 11) is 4.29. The SMILES string of the molecule is CCOC(=O)c1ccc2c(c1)C(C)(C)C(=CC=C1CCCC(C=CC3=[N+](C)c4ccccc4C3(C)C)=C1Sc1nnc(SC)s1)N2C. The molecule has 1 aliphatic carbocycles. The van der Waals surface area contributed by atoms with Crippen LogP contribution in [0.2, 0.25) is 0 Å². The minimum Gasteiger partial charge on any atom is -0.462 e. The molecule has 0 radical (unpaired) electrons. The first-order valence-corrected chi connectivity index (χ1v) is 19.0. The second kappa shape index (κ2) is 13.2. The molecule has 6 nitrogen and oxygen atoms in total. The van der Waals surface area contributed by atoms with Gasteiger partial charge in [0.15, 0.2) is 14.4 Å². The highest BCUT2D eigenvalue weighted by molar-refractivity contribution is 8.05. The summed E-state index contributed by atoms with van der Waals surface area (Å²) >= 11 is 5.03. The Hall–Kier alpha value is -3.40. The van der Waals surface area contributed by atoms with Crippen molar-refractivity contribution in [3.63, 3.8) is 0 Å². The summed E-state index contributed by atoms with van der Waals surface area (Å²) < 4.78 is 9.57. The first-order valence-electron chi connectivity index (χ1n) is 16.1. The number of hydrogen-bond acceptors (Lipinski definition) is 8. The van der Waals surface area contributed by atoms with Crippen LogP contribution in [0.5, 0.6) is 0 Å². The number of nitrogens with zero attached hydrogens (tertiary/aromatic N) is 4. The Bertz CT molecular complexity index is 1890. The molecule has 0 unspecified atom stereocenters. The molecular weight excluding hydrogens is 641 g/mol. The van der Waals surface area contributed by atoms with E-state index < -0.39 is 0 Å². The van der Waals surface area contributed by atoms with E-state index in [0.29, 0.717) is 12.2 Å². The third kappa shape index (κ3) is 6.18. The summed E-state index contributed by atoms with van der Waals surface area (Å²) in [6.07, 6.45) is 14.4. The van der Waals surface area contributed by atoms with E-state index in [1.807, 2.05) is 31.4 Å². The Morgan fingerprint density at radius 3 is 2.51 bits per heavy atom. The van der Waals surface area contributed by atoms with Crippen molar-refractivity contribution in [1.29, 1.82) is 0 Å². The van der Waals surface area contributed by atoms with Gasteiger partial charge in [0.05, 0.1) is 17.6 Å². The number of aromatic nitrogens is 2. The predicted molar refractivity (Wildman–Crippen MR) is 198 cm³/mol. The zero-order valence-corrected chi connectivity index (χ0v) is 31.0. The van der Waals surface area contributed by atoms with Crippen LogP contribution in [0.3, 0.4) is 0 Å². The Morgan fingerprint density at radius 1 is 1.02 bits per heavy atom. The summed E-state index contributed by atoms with van der Waals surface area (Å²) in [6, 6.07) is 14.6. The van der Waals surface area contributed by atoms with Crippen LogP contribution in [-0.4, -0.2) is 53.4 Å². The van der Waals surface area contributed by atoms with Gasteiger partial charge in [-0.3, -0.25) is 0 Å². The minimum absolute atomic E-state index is 0.0826. The lowest BCUT2D eigenvalue weighted by Gasteiger charge is -2.25. The van der Waals surface area contributed by atoms with E-state index in [-0.39, 0.29) is 16.8 Å². The van der Waals surface area contributed by atoms with Gasteiger partial charge < -0.3 is 9.64 Å². The van der Waals surface area contributed by atoms with Gasteiger partial charge in [-0.1, -0.05) is 79.1 Å². The van der Waals surface area contributed by atoms with Crippen LogP contribution < -0.4 is 4.90 Å². The number of benzene rings is 2. The number of carbonyl (C=O) groups excluding carboxylic acids is 1. The number of esters is 1. The van der Waals surface area contributed by atoms with E-state index in [4.69, 9.17) is 4.74 Å². The smallest absolute Gasteiger partial charge is 0.338 e. The van der Waals surface area contributed by atoms with E-state index >= 15 is 0 Å². The van der Waals surface area contributed by atoms with E-state index in [9.17, 15) is 4.79 Å². The molecule has 3 heterocycles. The van der Waals surface area contributed by atoms with Gasteiger partial charge >= 0.3 is 5.97 Å². The molecule has 0 spiro atoms. The first kappa shape index (κ1) is 33.5. The van der Waals surface area contributed by atoms with Gasteiger partial charge in [-0.2, -0.15) is 4.58 Å². The monoisotopic (exact) mass is 683 g/mol. The molecule has 0 fully saturated rings. The van der Waals surface area contributed by atoms with Crippen molar-refractivity contribution in [1.82, 2.24) is 10.2 Å². The van der Waals surface area contributed by atoms with Gasteiger partial charge in [-0.25, -0.2) is 4.79 Å². The maximum absolute atomic E-state index is 12.5. The molecule has 0 bridgehead atoms. The van der Waals surface area contributed by atoms with Gasteiger partial charge in [0, 0.05) is 46.5 Å². The summed E-state index contributed by atoms with van der Waals surface area (Å²) in [5.41, 5.74) is 10.2. The van der Waals surface area contributed by atoms with E-state index in [1.165, 1.54) is 38.7 Å². The molecule has 1 aromatic heterocycles. The number of thioether (sulfide) groups is 2. The Balaban J connectivity index is 1.39. The molecular formula is C38H43N4O2S3+. The molecule has 2 aromatic carbocycles. The molecule has 0 atom stereocenters. The minimum atomic E-state index is -0.283.